The molecule has 1 amide bonds. The van der Waals surface area contributed by atoms with Gasteiger partial charge in [-0.3, -0.25) is 9.89 Å². The number of hydrogen-bond donors (Lipinski definition) is 2. The van der Waals surface area contributed by atoms with Crippen molar-refractivity contribution in [2.45, 2.75) is 17.9 Å². The molecule has 0 radical (unpaired) electrons. The van der Waals surface area contributed by atoms with Gasteiger partial charge in [-0.15, -0.1) is 0 Å². The summed E-state index contributed by atoms with van der Waals surface area (Å²) in [5.41, 5.74) is 1.35. The maximum absolute atomic E-state index is 12.5. The van der Waals surface area contributed by atoms with E-state index >= 15 is 0 Å². The lowest BCUT2D eigenvalue weighted by molar-refractivity contribution is -0.115. The largest absolute Gasteiger partial charge is 0.326 e. The van der Waals surface area contributed by atoms with E-state index in [9.17, 15) is 13.2 Å². The van der Waals surface area contributed by atoms with Crippen molar-refractivity contribution in [2.24, 2.45) is 0 Å². The molecule has 8 nitrogen and oxygen atoms in total. The minimum atomic E-state index is -3.65. The molecule has 1 aromatic carbocycles. The molecule has 0 aliphatic carbocycles. The summed E-state index contributed by atoms with van der Waals surface area (Å²) in [5, 5.41) is 8.97. The third-order valence-electron chi connectivity index (χ3n) is 3.25. The molecule has 2 aromatic rings. The molecule has 0 unspecified atom stereocenters. The highest BCUT2D eigenvalue weighted by Gasteiger charge is 2.25. The van der Waals surface area contributed by atoms with Crippen LogP contribution in [-0.2, 0) is 27.8 Å². The SMILES string of the molecule is CN(Cc1ncn[nH]1)S(=O)(=O)c1ccc2c(c1)CC(=O)N2. The molecule has 0 bridgehead atoms. The Balaban J connectivity index is 1.88. The van der Waals surface area contributed by atoms with Crippen molar-refractivity contribution < 1.29 is 13.2 Å². The van der Waals surface area contributed by atoms with Gasteiger partial charge in [-0.2, -0.15) is 9.40 Å². The van der Waals surface area contributed by atoms with Crippen molar-refractivity contribution in [3.63, 3.8) is 0 Å². The third-order valence-corrected chi connectivity index (χ3v) is 5.05. The van der Waals surface area contributed by atoms with Gasteiger partial charge in [-0.1, -0.05) is 0 Å². The van der Waals surface area contributed by atoms with Crippen LogP contribution < -0.4 is 5.32 Å². The van der Waals surface area contributed by atoms with Crippen LogP contribution in [0.3, 0.4) is 0 Å². The standard InChI is InChI=1S/C12H13N5O3S/c1-17(6-11-13-7-14-16-11)21(19,20)9-2-3-10-8(4-9)5-12(18)15-10/h2-4,7H,5-6H2,1H3,(H,15,18)(H,13,14,16). The smallest absolute Gasteiger partial charge is 0.243 e. The van der Waals surface area contributed by atoms with Crippen LogP contribution in [0.5, 0.6) is 0 Å². The van der Waals surface area contributed by atoms with Gasteiger partial charge >= 0.3 is 0 Å². The molecule has 0 spiro atoms. The first-order chi connectivity index (χ1) is 9.96. The Morgan fingerprint density at radius 3 is 2.90 bits per heavy atom. The van der Waals surface area contributed by atoms with E-state index in [-0.39, 0.29) is 23.8 Å². The number of nitrogens with one attached hydrogen (secondary N) is 2. The number of benzene rings is 1. The summed E-state index contributed by atoms with van der Waals surface area (Å²) in [4.78, 5) is 15.4. The second-order valence-corrected chi connectivity index (χ2v) is 6.78. The van der Waals surface area contributed by atoms with Crippen LogP contribution in [0.1, 0.15) is 11.4 Å². The molecule has 110 valence electrons. The van der Waals surface area contributed by atoms with Crippen LogP contribution in [0.15, 0.2) is 29.4 Å². The van der Waals surface area contributed by atoms with Crippen molar-refractivity contribution in [1.82, 2.24) is 19.5 Å². The van der Waals surface area contributed by atoms with Gasteiger partial charge in [0.1, 0.15) is 12.2 Å². The number of aromatic nitrogens is 3. The molecule has 1 aliphatic rings. The molecule has 0 fully saturated rings. The number of carbonyl (C=O) groups excluding carboxylic acids is 1. The minimum Gasteiger partial charge on any atom is -0.326 e. The zero-order chi connectivity index (χ0) is 15.0. The van der Waals surface area contributed by atoms with E-state index in [1.165, 1.54) is 29.8 Å². The van der Waals surface area contributed by atoms with Crippen molar-refractivity contribution in [2.75, 3.05) is 12.4 Å². The average Bonchev–Trinajstić information content (AvgIpc) is 3.05. The van der Waals surface area contributed by atoms with Crippen molar-refractivity contribution in [3.05, 3.63) is 35.9 Å². The van der Waals surface area contributed by atoms with Crippen LogP contribution in [0.2, 0.25) is 0 Å². The molecule has 2 N–H and O–H groups in total. The van der Waals surface area contributed by atoms with E-state index in [1.54, 1.807) is 6.07 Å². The Morgan fingerprint density at radius 1 is 1.38 bits per heavy atom. The number of anilines is 1. The molecule has 9 heteroatoms. The van der Waals surface area contributed by atoms with Gasteiger partial charge in [0.2, 0.25) is 15.9 Å². The second kappa shape index (κ2) is 4.93. The quantitative estimate of drug-likeness (QED) is 0.834. The lowest BCUT2D eigenvalue weighted by Gasteiger charge is -2.16. The Morgan fingerprint density at radius 2 is 2.19 bits per heavy atom. The minimum absolute atomic E-state index is 0.0938. The molecule has 0 saturated heterocycles. The van der Waals surface area contributed by atoms with Gasteiger partial charge in [0.15, 0.2) is 0 Å². The van der Waals surface area contributed by atoms with E-state index in [0.29, 0.717) is 17.1 Å². The third kappa shape index (κ3) is 2.52. The highest BCUT2D eigenvalue weighted by Crippen LogP contribution is 2.27. The van der Waals surface area contributed by atoms with Crippen LogP contribution >= 0.6 is 0 Å². The predicted octanol–water partition coefficient (Wildman–Crippen LogP) is 0.120. The molecule has 1 aromatic heterocycles. The maximum Gasteiger partial charge on any atom is 0.243 e. The van der Waals surface area contributed by atoms with Gasteiger partial charge in [0.25, 0.3) is 0 Å². The Kier molecular flexibility index (Phi) is 3.22. The number of nitrogens with zero attached hydrogens (tertiary/aromatic N) is 3. The van der Waals surface area contributed by atoms with E-state index < -0.39 is 10.0 Å². The monoisotopic (exact) mass is 307 g/mol. The first kappa shape index (κ1) is 13.7. The molecule has 1 aliphatic heterocycles. The van der Waals surface area contributed by atoms with Gasteiger partial charge in [-0.05, 0) is 23.8 Å². The second-order valence-electron chi connectivity index (χ2n) is 4.74. The lowest BCUT2D eigenvalue weighted by atomic mass is 10.2. The highest BCUT2D eigenvalue weighted by atomic mass is 32.2. The summed E-state index contributed by atoms with van der Waals surface area (Å²) in [6.07, 6.45) is 1.52. The molecule has 21 heavy (non-hydrogen) atoms. The number of sulfonamides is 1. The fourth-order valence-electron chi connectivity index (χ4n) is 2.15. The summed E-state index contributed by atoms with van der Waals surface area (Å²) in [5.74, 6) is 0.327. The van der Waals surface area contributed by atoms with E-state index in [0.717, 1.165) is 0 Å². The lowest BCUT2D eigenvalue weighted by Crippen LogP contribution is -2.27. The first-order valence-corrected chi connectivity index (χ1v) is 7.64. The average molecular weight is 307 g/mol. The van der Waals surface area contributed by atoms with Crippen LogP contribution in [0.25, 0.3) is 0 Å². The number of hydrogen-bond acceptors (Lipinski definition) is 5. The van der Waals surface area contributed by atoms with Gasteiger partial charge in [0, 0.05) is 12.7 Å². The fraction of sp³-hybridized carbons (Fsp3) is 0.250. The van der Waals surface area contributed by atoms with Gasteiger partial charge in [-0.25, -0.2) is 13.4 Å². The molecule has 0 saturated carbocycles. The number of amides is 1. The maximum atomic E-state index is 12.5. The Labute approximate surface area is 121 Å². The van der Waals surface area contributed by atoms with Crippen molar-refractivity contribution in [1.29, 1.82) is 0 Å². The zero-order valence-corrected chi connectivity index (χ0v) is 12.0. The predicted molar refractivity (Wildman–Crippen MR) is 73.8 cm³/mol. The normalized spacial score (nSPS) is 14.3. The van der Waals surface area contributed by atoms with E-state index in [4.69, 9.17) is 0 Å². The molecule has 2 heterocycles. The molecule has 3 rings (SSSR count). The number of carbonyl (C=O) groups is 1. The Hall–Kier alpha value is -2.26. The first-order valence-electron chi connectivity index (χ1n) is 6.20. The summed E-state index contributed by atoms with van der Waals surface area (Å²) in [6, 6.07) is 4.62. The molecular formula is C12H13N5O3S. The fourth-order valence-corrected chi connectivity index (χ4v) is 3.33. The van der Waals surface area contributed by atoms with Crippen molar-refractivity contribution >= 4 is 21.6 Å². The Bertz CT molecular complexity index is 785. The topological polar surface area (TPSA) is 108 Å². The zero-order valence-electron chi connectivity index (χ0n) is 11.2. The highest BCUT2D eigenvalue weighted by molar-refractivity contribution is 7.89. The van der Waals surface area contributed by atoms with Crippen LogP contribution in [0, 0.1) is 0 Å². The van der Waals surface area contributed by atoms with Crippen LogP contribution in [0.4, 0.5) is 5.69 Å². The molecule has 0 atom stereocenters. The summed E-state index contributed by atoms with van der Waals surface area (Å²) in [7, 11) is -2.18. The van der Waals surface area contributed by atoms with E-state index in [1.807, 2.05) is 0 Å². The number of fused-ring (bicyclic) bond motifs is 1. The summed E-state index contributed by atoms with van der Waals surface area (Å²) >= 11 is 0. The van der Waals surface area contributed by atoms with Gasteiger partial charge < -0.3 is 5.32 Å². The van der Waals surface area contributed by atoms with Crippen molar-refractivity contribution in [3.8, 4) is 0 Å². The summed E-state index contributed by atoms with van der Waals surface area (Å²) in [6.45, 7) is 0.0938. The number of rotatable bonds is 4. The number of aromatic amines is 1. The van der Waals surface area contributed by atoms with Gasteiger partial charge in [0.05, 0.1) is 17.9 Å². The number of H-pyrrole nitrogens is 1. The summed E-state index contributed by atoms with van der Waals surface area (Å²) < 4.78 is 26.2. The molecular weight excluding hydrogens is 294 g/mol. The van der Waals surface area contributed by atoms with Crippen LogP contribution in [-0.4, -0.2) is 40.9 Å². The van der Waals surface area contributed by atoms with E-state index in [2.05, 4.69) is 20.5 Å².